The predicted octanol–water partition coefficient (Wildman–Crippen LogP) is 3.15. The standard InChI is InChI=1S/C18H27N3O2/c1-13(2)10-11-19-17(22)16-9-6-12-21(16)18(23)20-15-8-5-4-7-14(15)3/h4-5,7-8,13,16H,6,9-12H2,1-3H3,(H,19,22)(H,20,23)/t16-/m1/s1. The first-order valence-corrected chi connectivity index (χ1v) is 8.40. The molecular weight excluding hydrogens is 290 g/mol. The molecule has 5 heteroatoms. The van der Waals surface area contributed by atoms with Gasteiger partial charge in [-0.15, -0.1) is 0 Å². The maximum Gasteiger partial charge on any atom is 0.322 e. The van der Waals surface area contributed by atoms with Crippen LogP contribution in [0.15, 0.2) is 24.3 Å². The fourth-order valence-corrected chi connectivity index (χ4v) is 2.78. The fourth-order valence-electron chi connectivity index (χ4n) is 2.78. The van der Waals surface area contributed by atoms with Crippen molar-refractivity contribution in [1.82, 2.24) is 10.2 Å². The number of nitrogens with zero attached hydrogens (tertiary/aromatic N) is 1. The van der Waals surface area contributed by atoms with Crippen molar-refractivity contribution >= 4 is 17.6 Å². The molecular formula is C18H27N3O2. The van der Waals surface area contributed by atoms with Crippen LogP contribution in [0.3, 0.4) is 0 Å². The summed E-state index contributed by atoms with van der Waals surface area (Å²) in [5.74, 6) is 0.516. The lowest BCUT2D eigenvalue weighted by atomic mass is 10.1. The van der Waals surface area contributed by atoms with Crippen LogP contribution in [-0.2, 0) is 4.79 Å². The molecule has 1 saturated heterocycles. The third-order valence-electron chi connectivity index (χ3n) is 4.22. The maximum atomic E-state index is 12.5. The molecule has 2 N–H and O–H groups in total. The average molecular weight is 317 g/mol. The zero-order valence-corrected chi connectivity index (χ0v) is 14.3. The molecule has 0 radical (unpaired) electrons. The molecule has 1 atom stereocenters. The van der Waals surface area contributed by atoms with Crippen LogP contribution >= 0.6 is 0 Å². The first-order chi connectivity index (χ1) is 11.0. The third-order valence-corrected chi connectivity index (χ3v) is 4.22. The van der Waals surface area contributed by atoms with E-state index in [1.807, 2.05) is 31.2 Å². The number of carbonyl (C=O) groups excluding carboxylic acids is 2. The number of amides is 3. The Labute approximate surface area is 138 Å². The van der Waals surface area contributed by atoms with E-state index in [9.17, 15) is 9.59 Å². The second kappa shape index (κ2) is 7.99. The van der Waals surface area contributed by atoms with E-state index >= 15 is 0 Å². The Kier molecular flexibility index (Phi) is 6.02. The lowest BCUT2D eigenvalue weighted by Gasteiger charge is -2.24. The number of nitrogens with one attached hydrogen (secondary N) is 2. The number of benzene rings is 1. The monoisotopic (exact) mass is 317 g/mol. The van der Waals surface area contributed by atoms with Gasteiger partial charge in [-0.1, -0.05) is 32.0 Å². The molecule has 0 unspecified atom stereocenters. The van der Waals surface area contributed by atoms with Crippen LogP contribution in [0.4, 0.5) is 10.5 Å². The van der Waals surface area contributed by atoms with E-state index in [0.717, 1.165) is 30.5 Å². The van der Waals surface area contributed by atoms with Gasteiger partial charge < -0.3 is 15.5 Å². The van der Waals surface area contributed by atoms with Crippen LogP contribution in [0.5, 0.6) is 0 Å². The topological polar surface area (TPSA) is 61.4 Å². The molecule has 1 fully saturated rings. The molecule has 2 rings (SSSR count). The second-order valence-electron chi connectivity index (χ2n) is 6.57. The summed E-state index contributed by atoms with van der Waals surface area (Å²) in [5.41, 5.74) is 1.81. The summed E-state index contributed by atoms with van der Waals surface area (Å²) in [5, 5.41) is 5.87. The van der Waals surface area contributed by atoms with Crippen molar-refractivity contribution in [3.63, 3.8) is 0 Å². The molecule has 126 valence electrons. The SMILES string of the molecule is Cc1ccccc1NC(=O)N1CCC[C@@H]1C(=O)NCCC(C)C. The number of rotatable bonds is 5. The van der Waals surface area contributed by atoms with Crippen LogP contribution in [0, 0.1) is 12.8 Å². The lowest BCUT2D eigenvalue weighted by molar-refractivity contribution is -0.124. The molecule has 1 aromatic rings. The fraction of sp³-hybridized carbons (Fsp3) is 0.556. The van der Waals surface area contributed by atoms with Gasteiger partial charge in [0.05, 0.1) is 0 Å². The highest BCUT2D eigenvalue weighted by atomic mass is 16.2. The normalized spacial score (nSPS) is 17.4. The minimum absolute atomic E-state index is 0.0388. The molecule has 1 heterocycles. The van der Waals surface area contributed by atoms with Crippen LogP contribution in [-0.4, -0.2) is 36.0 Å². The maximum absolute atomic E-state index is 12.5. The van der Waals surface area contributed by atoms with Crippen molar-refractivity contribution in [3.8, 4) is 0 Å². The van der Waals surface area contributed by atoms with Gasteiger partial charge in [-0.05, 0) is 43.7 Å². The number of carbonyl (C=O) groups is 2. The molecule has 0 bridgehead atoms. The van der Waals surface area contributed by atoms with Crippen LogP contribution < -0.4 is 10.6 Å². The first-order valence-electron chi connectivity index (χ1n) is 8.40. The zero-order chi connectivity index (χ0) is 16.8. The molecule has 0 aliphatic carbocycles. The highest BCUT2D eigenvalue weighted by Crippen LogP contribution is 2.20. The first kappa shape index (κ1) is 17.3. The smallest absolute Gasteiger partial charge is 0.322 e. The molecule has 23 heavy (non-hydrogen) atoms. The number of urea groups is 1. The lowest BCUT2D eigenvalue weighted by Crippen LogP contribution is -2.47. The molecule has 1 aliphatic heterocycles. The molecule has 1 aromatic carbocycles. The Morgan fingerprint density at radius 1 is 1.30 bits per heavy atom. The van der Waals surface area contributed by atoms with Crippen molar-refractivity contribution < 1.29 is 9.59 Å². The summed E-state index contributed by atoms with van der Waals surface area (Å²) in [6, 6.07) is 7.11. The van der Waals surface area contributed by atoms with E-state index in [-0.39, 0.29) is 18.0 Å². The van der Waals surface area contributed by atoms with E-state index in [2.05, 4.69) is 24.5 Å². The Bertz CT molecular complexity index is 557. The van der Waals surface area contributed by atoms with Gasteiger partial charge in [-0.25, -0.2) is 4.79 Å². The highest BCUT2D eigenvalue weighted by Gasteiger charge is 2.34. The van der Waals surface area contributed by atoms with Crippen LogP contribution in [0.25, 0.3) is 0 Å². The number of anilines is 1. The predicted molar refractivity (Wildman–Crippen MR) is 92.4 cm³/mol. The van der Waals surface area contributed by atoms with E-state index in [1.165, 1.54) is 0 Å². The molecule has 0 spiro atoms. The van der Waals surface area contributed by atoms with E-state index in [0.29, 0.717) is 19.0 Å². The molecule has 3 amide bonds. The molecule has 0 saturated carbocycles. The van der Waals surface area contributed by atoms with Gasteiger partial charge in [-0.2, -0.15) is 0 Å². The van der Waals surface area contributed by atoms with Crippen molar-refractivity contribution in [3.05, 3.63) is 29.8 Å². The van der Waals surface area contributed by atoms with Crippen LogP contribution in [0.2, 0.25) is 0 Å². The Morgan fingerprint density at radius 2 is 2.04 bits per heavy atom. The largest absolute Gasteiger partial charge is 0.354 e. The van der Waals surface area contributed by atoms with Gasteiger partial charge in [0.25, 0.3) is 0 Å². The number of para-hydroxylation sites is 1. The quantitative estimate of drug-likeness (QED) is 0.876. The minimum Gasteiger partial charge on any atom is -0.354 e. The number of likely N-dealkylation sites (tertiary alicyclic amines) is 1. The van der Waals surface area contributed by atoms with Crippen molar-refractivity contribution in [1.29, 1.82) is 0 Å². The number of aryl methyl sites for hydroxylation is 1. The second-order valence-corrected chi connectivity index (χ2v) is 6.57. The van der Waals surface area contributed by atoms with E-state index < -0.39 is 0 Å². The molecule has 1 aliphatic rings. The summed E-state index contributed by atoms with van der Waals surface area (Å²) < 4.78 is 0. The van der Waals surface area contributed by atoms with Crippen molar-refractivity contribution in [2.24, 2.45) is 5.92 Å². The Balaban J connectivity index is 1.94. The minimum atomic E-state index is -0.355. The van der Waals surface area contributed by atoms with Crippen LogP contribution in [0.1, 0.15) is 38.7 Å². The highest BCUT2D eigenvalue weighted by molar-refractivity contribution is 5.94. The average Bonchev–Trinajstić information content (AvgIpc) is 2.98. The van der Waals surface area contributed by atoms with Gasteiger partial charge in [-0.3, -0.25) is 4.79 Å². The summed E-state index contributed by atoms with van der Waals surface area (Å²) in [7, 11) is 0. The summed E-state index contributed by atoms with van der Waals surface area (Å²) in [6.07, 6.45) is 2.55. The summed E-state index contributed by atoms with van der Waals surface area (Å²) >= 11 is 0. The number of hydrogen-bond donors (Lipinski definition) is 2. The van der Waals surface area contributed by atoms with Gasteiger partial charge in [0.2, 0.25) is 5.91 Å². The Morgan fingerprint density at radius 3 is 2.74 bits per heavy atom. The summed E-state index contributed by atoms with van der Waals surface area (Å²) in [4.78, 5) is 26.5. The van der Waals surface area contributed by atoms with Gasteiger partial charge in [0.1, 0.15) is 6.04 Å². The summed E-state index contributed by atoms with van der Waals surface area (Å²) in [6.45, 7) is 7.50. The molecule has 0 aromatic heterocycles. The molecule has 5 nitrogen and oxygen atoms in total. The Hall–Kier alpha value is -2.04. The van der Waals surface area contributed by atoms with E-state index in [1.54, 1.807) is 4.90 Å². The van der Waals surface area contributed by atoms with E-state index in [4.69, 9.17) is 0 Å². The van der Waals surface area contributed by atoms with Gasteiger partial charge in [0, 0.05) is 18.8 Å². The van der Waals surface area contributed by atoms with Crippen molar-refractivity contribution in [2.75, 3.05) is 18.4 Å². The number of hydrogen-bond acceptors (Lipinski definition) is 2. The van der Waals surface area contributed by atoms with Gasteiger partial charge >= 0.3 is 6.03 Å². The zero-order valence-electron chi connectivity index (χ0n) is 14.3. The van der Waals surface area contributed by atoms with Gasteiger partial charge in [0.15, 0.2) is 0 Å². The van der Waals surface area contributed by atoms with Crippen molar-refractivity contribution in [2.45, 2.75) is 46.1 Å². The third kappa shape index (κ3) is 4.71.